The number of thiazole rings is 1. The topological polar surface area (TPSA) is 86.1 Å². The van der Waals surface area contributed by atoms with Crippen molar-refractivity contribution in [2.45, 2.75) is 13.8 Å². The molecule has 1 aromatic carbocycles. The van der Waals surface area contributed by atoms with Gasteiger partial charge in [-0.2, -0.15) is 5.10 Å². The second kappa shape index (κ2) is 6.40. The number of hydrogen-bond acceptors (Lipinski definition) is 6. The number of anilines is 1. The molecule has 3 rings (SSSR count). The van der Waals surface area contributed by atoms with Gasteiger partial charge in [-0.15, -0.1) is 11.3 Å². The largest absolute Gasteiger partial charge is 0.452 e. The molecule has 0 radical (unpaired) electrons. The molecule has 2 aromatic heterocycles. The van der Waals surface area contributed by atoms with Gasteiger partial charge in [0, 0.05) is 7.05 Å². The van der Waals surface area contributed by atoms with E-state index >= 15 is 0 Å². The third kappa shape index (κ3) is 3.13. The summed E-state index contributed by atoms with van der Waals surface area (Å²) >= 11 is 1.44. The summed E-state index contributed by atoms with van der Waals surface area (Å²) in [5, 5.41) is 6.94. The number of aryl methyl sites for hydroxylation is 2. The Morgan fingerprint density at radius 2 is 2.12 bits per heavy atom. The first-order chi connectivity index (χ1) is 11.5. The minimum atomic E-state index is -0.542. The van der Waals surface area contributed by atoms with Gasteiger partial charge in [0.15, 0.2) is 6.61 Å². The van der Waals surface area contributed by atoms with E-state index in [0.29, 0.717) is 16.9 Å². The molecule has 1 N–H and O–H groups in total. The Hall–Kier alpha value is -2.74. The van der Waals surface area contributed by atoms with Crippen LogP contribution in [0.4, 0.5) is 5.69 Å². The summed E-state index contributed by atoms with van der Waals surface area (Å²) in [7, 11) is 1.80. The number of hydrogen-bond donors (Lipinski definition) is 1. The smallest absolute Gasteiger partial charge is 0.338 e. The van der Waals surface area contributed by atoms with Crippen molar-refractivity contribution in [2.24, 2.45) is 7.05 Å². The number of benzene rings is 1. The molecule has 24 heavy (non-hydrogen) atoms. The summed E-state index contributed by atoms with van der Waals surface area (Å²) in [6.45, 7) is 3.30. The molecule has 0 saturated carbocycles. The third-order valence-corrected chi connectivity index (χ3v) is 4.47. The van der Waals surface area contributed by atoms with E-state index in [1.54, 1.807) is 42.4 Å². The average Bonchev–Trinajstić information content (AvgIpc) is 3.12. The molecule has 0 atom stereocenters. The number of carbonyl (C=O) groups excluding carboxylic acids is 2. The fraction of sp³-hybridized carbons (Fsp3) is 0.250. The molecular weight excluding hydrogens is 328 g/mol. The van der Waals surface area contributed by atoms with E-state index < -0.39 is 11.9 Å². The quantitative estimate of drug-likeness (QED) is 0.735. The maximum absolute atomic E-state index is 12.1. The van der Waals surface area contributed by atoms with Crippen LogP contribution in [0.15, 0.2) is 23.7 Å². The van der Waals surface area contributed by atoms with Crippen LogP contribution in [-0.4, -0.2) is 33.2 Å². The number of rotatable bonds is 4. The summed E-state index contributed by atoms with van der Waals surface area (Å²) in [6, 6.07) is 5.10. The number of carbonyl (C=O) groups is 2. The Bertz CT molecular complexity index is 929. The highest BCUT2D eigenvalue weighted by atomic mass is 32.1. The van der Waals surface area contributed by atoms with Crippen LogP contribution in [0.2, 0.25) is 0 Å². The lowest BCUT2D eigenvalue weighted by Gasteiger charge is -2.07. The number of nitrogens with zero attached hydrogens (tertiary/aromatic N) is 3. The number of amides is 1. The zero-order valence-electron chi connectivity index (χ0n) is 13.5. The van der Waals surface area contributed by atoms with Crippen molar-refractivity contribution in [3.05, 3.63) is 40.7 Å². The number of ether oxygens (including phenoxy) is 1. The zero-order valence-corrected chi connectivity index (χ0v) is 14.3. The Labute approximate surface area is 142 Å². The zero-order chi connectivity index (χ0) is 17.3. The van der Waals surface area contributed by atoms with Crippen molar-refractivity contribution in [3.63, 3.8) is 0 Å². The highest BCUT2D eigenvalue weighted by molar-refractivity contribution is 7.16. The number of esters is 1. The van der Waals surface area contributed by atoms with E-state index in [1.807, 2.05) is 6.92 Å². The second-order valence-corrected chi connectivity index (χ2v) is 6.21. The van der Waals surface area contributed by atoms with Crippen LogP contribution < -0.4 is 5.32 Å². The molecule has 7 nitrogen and oxygen atoms in total. The lowest BCUT2D eigenvalue weighted by Crippen LogP contribution is -2.21. The summed E-state index contributed by atoms with van der Waals surface area (Å²) in [4.78, 5) is 28.2. The molecule has 0 fully saturated rings. The van der Waals surface area contributed by atoms with E-state index in [2.05, 4.69) is 15.4 Å². The van der Waals surface area contributed by atoms with Crippen molar-refractivity contribution in [2.75, 3.05) is 11.9 Å². The Kier molecular flexibility index (Phi) is 4.30. The molecular formula is C16H16N4O3S. The molecule has 3 aromatic rings. The standard InChI is InChI=1S/C16H16N4O3S/c1-9-15(10(2)20(3)19-9)18-14(21)7-23-16(22)11-4-5-12-13(6-11)24-8-17-12/h4-6,8H,7H2,1-3H3,(H,18,21). The van der Waals surface area contributed by atoms with Crippen molar-refractivity contribution in [1.82, 2.24) is 14.8 Å². The number of nitrogens with one attached hydrogen (secondary N) is 1. The van der Waals surface area contributed by atoms with Gasteiger partial charge in [-0.3, -0.25) is 9.48 Å². The molecule has 0 aliphatic rings. The molecule has 2 heterocycles. The van der Waals surface area contributed by atoms with Crippen LogP contribution in [0.25, 0.3) is 10.2 Å². The highest BCUT2D eigenvalue weighted by Gasteiger charge is 2.15. The van der Waals surface area contributed by atoms with Crippen molar-refractivity contribution >= 4 is 39.1 Å². The van der Waals surface area contributed by atoms with Crippen LogP contribution in [0.1, 0.15) is 21.7 Å². The summed E-state index contributed by atoms with van der Waals surface area (Å²) < 4.78 is 7.66. The van der Waals surface area contributed by atoms with E-state index in [1.165, 1.54) is 11.3 Å². The maximum Gasteiger partial charge on any atom is 0.338 e. The molecule has 0 aliphatic carbocycles. The lowest BCUT2D eigenvalue weighted by atomic mass is 10.2. The van der Waals surface area contributed by atoms with Crippen molar-refractivity contribution in [1.29, 1.82) is 0 Å². The van der Waals surface area contributed by atoms with E-state index in [9.17, 15) is 9.59 Å². The fourth-order valence-corrected chi connectivity index (χ4v) is 3.04. The van der Waals surface area contributed by atoms with Gasteiger partial charge in [-0.25, -0.2) is 9.78 Å². The number of aromatic nitrogens is 3. The Morgan fingerprint density at radius 3 is 2.83 bits per heavy atom. The van der Waals surface area contributed by atoms with Gasteiger partial charge in [-0.1, -0.05) is 0 Å². The van der Waals surface area contributed by atoms with Crippen LogP contribution in [0, 0.1) is 13.8 Å². The van der Waals surface area contributed by atoms with Gasteiger partial charge < -0.3 is 10.1 Å². The van der Waals surface area contributed by atoms with Crippen molar-refractivity contribution in [3.8, 4) is 0 Å². The molecule has 0 spiro atoms. The predicted octanol–water partition coefficient (Wildman–Crippen LogP) is 2.44. The molecule has 1 amide bonds. The van der Waals surface area contributed by atoms with Crippen LogP contribution in [0.5, 0.6) is 0 Å². The van der Waals surface area contributed by atoms with E-state index in [4.69, 9.17) is 4.74 Å². The lowest BCUT2D eigenvalue weighted by molar-refractivity contribution is -0.119. The molecule has 8 heteroatoms. The highest BCUT2D eigenvalue weighted by Crippen LogP contribution is 2.20. The Balaban J connectivity index is 1.62. The minimum absolute atomic E-state index is 0.354. The molecule has 0 bridgehead atoms. The summed E-state index contributed by atoms with van der Waals surface area (Å²) in [5.74, 6) is -0.943. The SMILES string of the molecule is Cc1nn(C)c(C)c1NC(=O)COC(=O)c1ccc2ncsc2c1. The number of fused-ring (bicyclic) bond motifs is 1. The maximum atomic E-state index is 12.1. The first-order valence-corrected chi connectivity index (χ1v) is 8.14. The Morgan fingerprint density at radius 1 is 1.33 bits per heavy atom. The van der Waals surface area contributed by atoms with Crippen LogP contribution >= 0.6 is 11.3 Å². The first kappa shape index (κ1) is 16.1. The second-order valence-electron chi connectivity index (χ2n) is 5.33. The molecule has 0 aliphatic heterocycles. The van der Waals surface area contributed by atoms with Crippen LogP contribution in [-0.2, 0) is 16.6 Å². The first-order valence-electron chi connectivity index (χ1n) is 7.26. The predicted molar refractivity (Wildman–Crippen MR) is 91.2 cm³/mol. The van der Waals surface area contributed by atoms with Gasteiger partial charge >= 0.3 is 5.97 Å². The van der Waals surface area contributed by atoms with E-state index in [-0.39, 0.29) is 6.61 Å². The average molecular weight is 344 g/mol. The van der Waals surface area contributed by atoms with Crippen molar-refractivity contribution < 1.29 is 14.3 Å². The van der Waals surface area contributed by atoms with Gasteiger partial charge in [-0.05, 0) is 32.0 Å². The van der Waals surface area contributed by atoms with Gasteiger partial charge in [0.2, 0.25) is 0 Å². The third-order valence-electron chi connectivity index (χ3n) is 3.67. The molecule has 0 saturated heterocycles. The normalized spacial score (nSPS) is 10.8. The van der Waals surface area contributed by atoms with Gasteiger partial charge in [0.25, 0.3) is 5.91 Å². The van der Waals surface area contributed by atoms with E-state index in [0.717, 1.165) is 15.9 Å². The molecule has 0 unspecified atom stereocenters. The van der Waals surface area contributed by atoms with Crippen LogP contribution in [0.3, 0.4) is 0 Å². The molecule has 124 valence electrons. The fourth-order valence-electron chi connectivity index (χ4n) is 2.33. The van der Waals surface area contributed by atoms with Gasteiger partial charge in [0.1, 0.15) is 0 Å². The summed E-state index contributed by atoms with van der Waals surface area (Å²) in [6.07, 6.45) is 0. The van der Waals surface area contributed by atoms with Gasteiger partial charge in [0.05, 0.1) is 38.4 Å². The monoisotopic (exact) mass is 344 g/mol. The minimum Gasteiger partial charge on any atom is -0.452 e. The summed E-state index contributed by atoms with van der Waals surface area (Å²) in [5.41, 5.74) is 5.13.